The van der Waals surface area contributed by atoms with Crippen LogP contribution >= 0.6 is 0 Å². The van der Waals surface area contributed by atoms with Crippen LogP contribution in [0.15, 0.2) is 41.0 Å². The molecule has 0 radical (unpaired) electrons. The van der Waals surface area contributed by atoms with Gasteiger partial charge in [-0.2, -0.15) is 0 Å². The summed E-state index contributed by atoms with van der Waals surface area (Å²) >= 11 is 0. The van der Waals surface area contributed by atoms with E-state index in [9.17, 15) is 9.59 Å². The van der Waals surface area contributed by atoms with Crippen LogP contribution < -0.4 is 10.2 Å². The minimum Gasteiger partial charge on any atom is -0.467 e. The highest BCUT2D eigenvalue weighted by Gasteiger charge is 2.24. The number of nitrogens with zero attached hydrogens (tertiary/aromatic N) is 1. The van der Waals surface area contributed by atoms with Gasteiger partial charge < -0.3 is 14.6 Å². The van der Waals surface area contributed by atoms with Gasteiger partial charge in [-0.3, -0.25) is 9.59 Å². The van der Waals surface area contributed by atoms with Gasteiger partial charge in [0.05, 0.1) is 19.2 Å². The number of nitrogens with one attached hydrogen (secondary N) is 1. The Morgan fingerprint density at radius 1 is 1.40 bits per heavy atom. The Morgan fingerprint density at radius 3 is 3.00 bits per heavy atom. The summed E-state index contributed by atoms with van der Waals surface area (Å²) in [5.74, 6) is 0.578. The number of carbonyl (C=O) groups is 2. The third-order valence-corrected chi connectivity index (χ3v) is 3.42. The molecule has 2 heterocycles. The summed E-state index contributed by atoms with van der Waals surface area (Å²) < 4.78 is 5.16. The van der Waals surface area contributed by atoms with Crippen LogP contribution in [-0.4, -0.2) is 18.9 Å². The van der Waals surface area contributed by atoms with E-state index in [0.717, 1.165) is 11.3 Å². The number of likely N-dealkylation sites (N-methyl/N-ethyl adjacent to an activating group) is 1. The minimum absolute atomic E-state index is 0.0492. The Balaban J connectivity index is 1.73. The second-order valence-corrected chi connectivity index (χ2v) is 4.74. The summed E-state index contributed by atoms with van der Waals surface area (Å²) in [4.78, 5) is 25.3. The van der Waals surface area contributed by atoms with E-state index < -0.39 is 0 Å². The first-order chi connectivity index (χ1) is 9.65. The summed E-state index contributed by atoms with van der Waals surface area (Å²) in [7, 11) is 1.74. The first kappa shape index (κ1) is 12.5. The first-order valence-corrected chi connectivity index (χ1v) is 6.35. The molecule has 0 aliphatic carbocycles. The number of hydrogen-bond acceptors (Lipinski definition) is 3. The van der Waals surface area contributed by atoms with E-state index in [0.29, 0.717) is 24.3 Å². The summed E-state index contributed by atoms with van der Waals surface area (Å²) in [5.41, 5.74) is 2.32. The molecule has 1 N–H and O–H groups in total. The number of carbonyl (C=O) groups excluding carboxylic acids is 2. The molecule has 0 bridgehead atoms. The number of benzene rings is 1. The van der Waals surface area contributed by atoms with E-state index in [2.05, 4.69) is 5.32 Å². The van der Waals surface area contributed by atoms with Gasteiger partial charge in [-0.05, 0) is 35.9 Å². The van der Waals surface area contributed by atoms with Gasteiger partial charge in [0.2, 0.25) is 5.91 Å². The van der Waals surface area contributed by atoms with Crippen molar-refractivity contribution in [1.29, 1.82) is 0 Å². The molecule has 0 fully saturated rings. The lowest BCUT2D eigenvalue weighted by Crippen LogP contribution is -2.22. The number of fused-ring (bicyclic) bond motifs is 1. The molecule has 3 rings (SSSR count). The largest absolute Gasteiger partial charge is 0.467 e. The highest BCUT2D eigenvalue weighted by Crippen LogP contribution is 2.28. The molecule has 0 spiro atoms. The van der Waals surface area contributed by atoms with Crippen LogP contribution in [0.5, 0.6) is 0 Å². The molecule has 1 aliphatic rings. The van der Waals surface area contributed by atoms with Crippen molar-refractivity contribution in [3.63, 3.8) is 0 Å². The van der Waals surface area contributed by atoms with Crippen molar-refractivity contribution in [2.24, 2.45) is 0 Å². The van der Waals surface area contributed by atoms with Crippen LogP contribution in [0, 0.1) is 0 Å². The van der Waals surface area contributed by atoms with Crippen molar-refractivity contribution in [1.82, 2.24) is 5.32 Å². The Hall–Kier alpha value is -2.56. The van der Waals surface area contributed by atoms with Gasteiger partial charge in [-0.15, -0.1) is 0 Å². The molecule has 1 aromatic heterocycles. The highest BCUT2D eigenvalue weighted by atomic mass is 16.3. The van der Waals surface area contributed by atoms with Gasteiger partial charge in [-0.1, -0.05) is 0 Å². The maximum atomic E-state index is 12.1. The lowest BCUT2D eigenvalue weighted by molar-refractivity contribution is -0.117. The summed E-state index contributed by atoms with van der Waals surface area (Å²) in [6, 6.07) is 8.89. The molecule has 5 heteroatoms. The van der Waals surface area contributed by atoms with Crippen LogP contribution in [-0.2, 0) is 17.8 Å². The molecule has 2 amide bonds. The smallest absolute Gasteiger partial charge is 0.251 e. The number of amides is 2. The molecule has 2 aromatic rings. The number of anilines is 1. The standard InChI is InChI=1S/C15H14N2O3/c1-17-13-5-4-10(7-11(13)8-14(17)18)15(19)16-9-12-3-2-6-20-12/h2-7H,8-9H2,1H3,(H,16,19). The SMILES string of the molecule is CN1C(=O)Cc2cc(C(=O)NCc3ccco3)ccc21. The van der Waals surface area contributed by atoms with E-state index in [1.165, 1.54) is 0 Å². The third-order valence-electron chi connectivity index (χ3n) is 3.42. The fraction of sp³-hybridized carbons (Fsp3) is 0.200. The molecule has 5 nitrogen and oxygen atoms in total. The Kier molecular flexibility index (Phi) is 3.02. The predicted octanol–water partition coefficient (Wildman–Crippen LogP) is 1.73. The second kappa shape index (κ2) is 4.85. The van der Waals surface area contributed by atoms with Gasteiger partial charge in [0.25, 0.3) is 5.91 Å². The zero-order chi connectivity index (χ0) is 14.1. The summed E-state index contributed by atoms with van der Waals surface area (Å²) in [6.07, 6.45) is 1.92. The number of hydrogen-bond donors (Lipinski definition) is 1. The highest BCUT2D eigenvalue weighted by molar-refractivity contribution is 6.03. The number of furan rings is 1. The molecular weight excluding hydrogens is 256 g/mol. The Morgan fingerprint density at radius 2 is 2.25 bits per heavy atom. The summed E-state index contributed by atoms with van der Waals surface area (Å²) in [6.45, 7) is 0.349. The van der Waals surface area contributed by atoms with Crippen molar-refractivity contribution >= 4 is 17.5 Å². The lowest BCUT2D eigenvalue weighted by atomic mass is 10.1. The molecule has 20 heavy (non-hydrogen) atoms. The van der Waals surface area contributed by atoms with Crippen LogP contribution in [0.1, 0.15) is 21.7 Å². The molecule has 1 aromatic carbocycles. The van der Waals surface area contributed by atoms with E-state index in [-0.39, 0.29) is 11.8 Å². The topological polar surface area (TPSA) is 62.6 Å². The zero-order valence-corrected chi connectivity index (χ0v) is 11.1. The quantitative estimate of drug-likeness (QED) is 0.923. The molecule has 0 atom stereocenters. The van der Waals surface area contributed by atoms with Gasteiger partial charge in [0, 0.05) is 18.3 Å². The minimum atomic E-state index is -0.175. The first-order valence-electron chi connectivity index (χ1n) is 6.35. The van der Waals surface area contributed by atoms with Crippen molar-refractivity contribution in [3.8, 4) is 0 Å². The van der Waals surface area contributed by atoms with Gasteiger partial charge in [0.15, 0.2) is 0 Å². The lowest BCUT2D eigenvalue weighted by Gasteiger charge is -2.10. The van der Waals surface area contributed by atoms with E-state index >= 15 is 0 Å². The molecule has 0 unspecified atom stereocenters. The third kappa shape index (κ3) is 2.18. The predicted molar refractivity (Wildman–Crippen MR) is 73.4 cm³/mol. The fourth-order valence-corrected chi connectivity index (χ4v) is 2.29. The van der Waals surface area contributed by atoms with Crippen LogP contribution in [0.25, 0.3) is 0 Å². The molecular formula is C15H14N2O3. The summed E-state index contributed by atoms with van der Waals surface area (Å²) in [5, 5.41) is 2.78. The van der Waals surface area contributed by atoms with Gasteiger partial charge >= 0.3 is 0 Å². The fourth-order valence-electron chi connectivity index (χ4n) is 2.29. The van der Waals surface area contributed by atoms with Crippen molar-refractivity contribution in [2.75, 3.05) is 11.9 Å². The normalized spacial score (nSPS) is 13.4. The van der Waals surface area contributed by atoms with Gasteiger partial charge in [-0.25, -0.2) is 0 Å². The monoisotopic (exact) mass is 270 g/mol. The van der Waals surface area contributed by atoms with Crippen LogP contribution in [0.4, 0.5) is 5.69 Å². The second-order valence-electron chi connectivity index (χ2n) is 4.74. The van der Waals surface area contributed by atoms with Crippen molar-refractivity contribution < 1.29 is 14.0 Å². The van der Waals surface area contributed by atoms with E-state index in [1.54, 1.807) is 42.5 Å². The molecule has 0 saturated carbocycles. The average Bonchev–Trinajstić information content (AvgIpc) is 3.05. The zero-order valence-electron chi connectivity index (χ0n) is 11.1. The molecule has 102 valence electrons. The molecule has 1 aliphatic heterocycles. The van der Waals surface area contributed by atoms with Crippen molar-refractivity contribution in [2.45, 2.75) is 13.0 Å². The van der Waals surface area contributed by atoms with Gasteiger partial charge in [0.1, 0.15) is 5.76 Å². The maximum Gasteiger partial charge on any atom is 0.251 e. The Labute approximate surface area is 116 Å². The Bertz CT molecular complexity index is 662. The van der Waals surface area contributed by atoms with Crippen LogP contribution in [0.2, 0.25) is 0 Å². The van der Waals surface area contributed by atoms with Crippen LogP contribution in [0.3, 0.4) is 0 Å². The van der Waals surface area contributed by atoms with E-state index in [1.807, 2.05) is 6.07 Å². The maximum absolute atomic E-state index is 12.1. The number of rotatable bonds is 3. The van der Waals surface area contributed by atoms with E-state index in [4.69, 9.17) is 4.42 Å². The van der Waals surface area contributed by atoms with Crippen molar-refractivity contribution in [3.05, 3.63) is 53.5 Å². The average molecular weight is 270 g/mol. The molecule has 0 saturated heterocycles.